The first-order chi connectivity index (χ1) is 9.40. The van der Waals surface area contributed by atoms with Gasteiger partial charge in [-0.15, -0.1) is 0 Å². The van der Waals surface area contributed by atoms with Crippen LogP contribution in [0.1, 0.15) is 43.1 Å². The molecular formula is C15H22N2O3. The molecule has 0 fully saturated rings. The number of carbonyl (C=O) groups is 1. The Bertz CT molecular complexity index is 575. The summed E-state index contributed by atoms with van der Waals surface area (Å²) < 4.78 is 1.85. The Balaban J connectivity index is 2.49. The molecule has 110 valence electrons. The lowest BCUT2D eigenvalue weighted by Gasteiger charge is -2.29. The van der Waals surface area contributed by atoms with Crippen molar-refractivity contribution in [2.45, 2.75) is 45.7 Å². The summed E-state index contributed by atoms with van der Waals surface area (Å²) in [4.78, 5) is 25.5. The summed E-state index contributed by atoms with van der Waals surface area (Å²) in [5.41, 5.74) is 2.87. The highest BCUT2D eigenvalue weighted by molar-refractivity contribution is 5.67. The highest BCUT2D eigenvalue weighted by Crippen LogP contribution is 2.20. The minimum Gasteiger partial charge on any atom is -0.481 e. The highest BCUT2D eigenvalue weighted by atomic mass is 16.4. The predicted molar refractivity (Wildman–Crippen MR) is 77.1 cm³/mol. The van der Waals surface area contributed by atoms with Crippen molar-refractivity contribution in [3.05, 3.63) is 33.2 Å². The summed E-state index contributed by atoms with van der Waals surface area (Å²) >= 11 is 0. The molecule has 0 spiro atoms. The number of aryl methyl sites for hydroxylation is 1. The zero-order chi connectivity index (χ0) is 14.9. The quantitative estimate of drug-likeness (QED) is 0.905. The molecule has 0 aliphatic carbocycles. The fourth-order valence-corrected chi connectivity index (χ4v) is 2.84. The van der Waals surface area contributed by atoms with E-state index in [2.05, 4.69) is 11.9 Å². The number of likely N-dealkylation sites (N-methyl/N-ethyl adjacent to an activating group) is 1. The third kappa shape index (κ3) is 2.93. The number of aliphatic carboxylic acids is 1. The first-order valence-electron chi connectivity index (χ1n) is 7.06. The standard InChI is InChI=1S/C15H22N2O3/c1-10(2)17-13-6-7-16(3)9-12(13)8-11(15(17)20)4-5-14(18)19/h8,10H,4-7,9H2,1-3H3,(H,18,19). The van der Waals surface area contributed by atoms with Gasteiger partial charge < -0.3 is 14.6 Å². The van der Waals surface area contributed by atoms with Gasteiger partial charge >= 0.3 is 5.97 Å². The predicted octanol–water partition coefficient (Wildman–Crippen LogP) is 1.43. The van der Waals surface area contributed by atoms with E-state index < -0.39 is 5.97 Å². The molecule has 2 heterocycles. The van der Waals surface area contributed by atoms with Crippen LogP contribution in [0.25, 0.3) is 0 Å². The van der Waals surface area contributed by atoms with Gasteiger partial charge in [0.05, 0.1) is 0 Å². The van der Waals surface area contributed by atoms with Crippen LogP contribution < -0.4 is 5.56 Å². The Kier molecular flexibility index (Phi) is 4.28. The number of fused-ring (bicyclic) bond motifs is 1. The van der Waals surface area contributed by atoms with Crippen molar-refractivity contribution in [3.63, 3.8) is 0 Å². The van der Waals surface area contributed by atoms with E-state index in [1.165, 1.54) is 0 Å². The van der Waals surface area contributed by atoms with Gasteiger partial charge in [-0.1, -0.05) is 0 Å². The lowest BCUT2D eigenvalue weighted by atomic mass is 10.0. The van der Waals surface area contributed by atoms with E-state index in [1.54, 1.807) is 0 Å². The molecule has 2 rings (SSSR count). The average molecular weight is 278 g/mol. The van der Waals surface area contributed by atoms with Crippen LogP contribution in [0.15, 0.2) is 10.9 Å². The second-order valence-corrected chi connectivity index (χ2v) is 5.79. The second kappa shape index (κ2) is 5.79. The monoisotopic (exact) mass is 278 g/mol. The maximum Gasteiger partial charge on any atom is 0.303 e. The number of hydrogen-bond donors (Lipinski definition) is 1. The van der Waals surface area contributed by atoms with Gasteiger partial charge in [-0.2, -0.15) is 0 Å². The summed E-state index contributed by atoms with van der Waals surface area (Å²) in [7, 11) is 2.06. The second-order valence-electron chi connectivity index (χ2n) is 5.79. The average Bonchev–Trinajstić information content (AvgIpc) is 2.36. The van der Waals surface area contributed by atoms with E-state index in [0.717, 1.165) is 30.8 Å². The fraction of sp³-hybridized carbons (Fsp3) is 0.600. The van der Waals surface area contributed by atoms with Gasteiger partial charge in [0, 0.05) is 43.2 Å². The van der Waals surface area contributed by atoms with E-state index in [0.29, 0.717) is 12.0 Å². The van der Waals surface area contributed by atoms with Gasteiger partial charge in [0.15, 0.2) is 0 Å². The number of nitrogens with zero attached hydrogens (tertiary/aromatic N) is 2. The summed E-state index contributed by atoms with van der Waals surface area (Å²) in [5, 5.41) is 8.81. The van der Waals surface area contributed by atoms with Crippen molar-refractivity contribution in [2.75, 3.05) is 13.6 Å². The zero-order valence-corrected chi connectivity index (χ0v) is 12.3. The molecule has 0 saturated carbocycles. The maximum absolute atomic E-state index is 12.5. The minimum atomic E-state index is -0.865. The molecule has 0 atom stereocenters. The largest absolute Gasteiger partial charge is 0.481 e. The first kappa shape index (κ1) is 14.8. The van der Waals surface area contributed by atoms with E-state index in [9.17, 15) is 9.59 Å². The number of rotatable bonds is 4. The SMILES string of the molecule is CC(C)n1c2c(cc(CCC(=O)O)c1=O)CN(C)CC2. The van der Waals surface area contributed by atoms with Crippen LogP contribution in [-0.2, 0) is 24.2 Å². The Labute approximate surface area is 118 Å². The van der Waals surface area contributed by atoms with Gasteiger partial charge in [-0.3, -0.25) is 9.59 Å². The lowest BCUT2D eigenvalue weighted by Crippen LogP contribution is -2.36. The molecule has 0 unspecified atom stereocenters. The third-order valence-electron chi connectivity index (χ3n) is 3.80. The number of aromatic nitrogens is 1. The van der Waals surface area contributed by atoms with Crippen LogP contribution >= 0.6 is 0 Å². The molecule has 0 radical (unpaired) electrons. The topological polar surface area (TPSA) is 62.5 Å². The molecule has 20 heavy (non-hydrogen) atoms. The molecule has 0 saturated heterocycles. The Morgan fingerprint density at radius 3 is 2.75 bits per heavy atom. The Morgan fingerprint density at radius 1 is 1.45 bits per heavy atom. The smallest absolute Gasteiger partial charge is 0.303 e. The summed E-state index contributed by atoms with van der Waals surface area (Å²) in [6.45, 7) is 5.78. The molecule has 1 aromatic heterocycles. The van der Waals surface area contributed by atoms with E-state index >= 15 is 0 Å². The normalized spacial score (nSPS) is 15.4. The van der Waals surface area contributed by atoms with Crippen molar-refractivity contribution in [1.29, 1.82) is 0 Å². The summed E-state index contributed by atoms with van der Waals surface area (Å²) in [5.74, 6) is -0.865. The summed E-state index contributed by atoms with van der Waals surface area (Å²) in [6, 6.07) is 2.01. The number of pyridine rings is 1. The molecule has 1 aromatic rings. The lowest BCUT2D eigenvalue weighted by molar-refractivity contribution is -0.136. The van der Waals surface area contributed by atoms with Crippen LogP contribution in [0.5, 0.6) is 0 Å². The minimum absolute atomic E-state index is 0.00195. The van der Waals surface area contributed by atoms with E-state index in [-0.39, 0.29) is 18.0 Å². The van der Waals surface area contributed by atoms with Crippen molar-refractivity contribution in [3.8, 4) is 0 Å². The van der Waals surface area contributed by atoms with Gasteiger partial charge in [0.1, 0.15) is 0 Å². The molecular weight excluding hydrogens is 256 g/mol. The highest BCUT2D eigenvalue weighted by Gasteiger charge is 2.21. The summed E-state index contributed by atoms with van der Waals surface area (Å²) in [6.07, 6.45) is 1.18. The fourth-order valence-electron chi connectivity index (χ4n) is 2.84. The van der Waals surface area contributed by atoms with Crippen LogP contribution in [0.4, 0.5) is 0 Å². The maximum atomic E-state index is 12.5. The number of carboxylic acids is 1. The van der Waals surface area contributed by atoms with Crippen LogP contribution in [0.2, 0.25) is 0 Å². The van der Waals surface area contributed by atoms with Crippen molar-refractivity contribution < 1.29 is 9.90 Å². The Hall–Kier alpha value is -1.62. The van der Waals surface area contributed by atoms with Gasteiger partial charge in [0.2, 0.25) is 0 Å². The van der Waals surface area contributed by atoms with E-state index in [4.69, 9.17) is 5.11 Å². The van der Waals surface area contributed by atoms with Crippen LogP contribution in [0.3, 0.4) is 0 Å². The Morgan fingerprint density at radius 2 is 2.15 bits per heavy atom. The zero-order valence-electron chi connectivity index (χ0n) is 12.3. The third-order valence-corrected chi connectivity index (χ3v) is 3.80. The molecule has 0 bridgehead atoms. The molecule has 1 aliphatic rings. The van der Waals surface area contributed by atoms with Crippen LogP contribution in [-0.4, -0.2) is 34.1 Å². The van der Waals surface area contributed by atoms with Crippen molar-refractivity contribution in [2.24, 2.45) is 0 Å². The molecule has 1 aliphatic heterocycles. The molecule has 0 aromatic carbocycles. The van der Waals surface area contributed by atoms with Crippen molar-refractivity contribution in [1.82, 2.24) is 9.47 Å². The van der Waals surface area contributed by atoms with Gasteiger partial charge in [-0.25, -0.2) is 0 Å². The molecule has 1 N–H and O–H groups in total. The number of hydrogen-bond acceptors (Lipinski definition) is 3. The van der Waals surface area contributed by atoms with E-state index in [1.807, 2.05) is 24.5 Å². The first-order valence-corrected chi connectivity index (χ1v) is 7.06. The van der Waals surface area contributed by atoms with Crippen molar-refractivity contribution >= 4 is 5.97 Å². The molecule has 5 nitrogen and oxygen atoms in total. The van der Waals surface area contributed by atoms with Crippen LogP contribution in [0, 0.1) is 0 Å². The molecule has 5 heteroatoms. The molecule has 0 amide bonds. The number of carboxylic acid groups (broad SMARTS) is 1. The van der Waals surface area contributed by atoms with Gasteiger partial charge in [0.25, 0.3) is 5.56 Å². The van der Waals surface area contributed by atoms with Gasteiger partial charge in [-0.05, 0) is 38.9 Å².